The summed E-state index contributed by atoms with van der Waals surface area (Å²) in [6.45, 7) is 20.5. The molecule has 4 aliphatic rings. The van der Waals surface area contributed by atoms with Crippen LogP contribution in [-0.4, -0.2) is 164 Å². The van der Waals surface area contributed by atoms with Gasteiger partial charge < -0.3 is 63.3 Å². The Morgan fingerprint density at radius 2 is 1.52 bits per heavy atom. The number of aliphatic hydroxyl groups is 1. The molecule has 0 radical (unpaired) electrons. The summed E-state index contributed by atoms with van der Waals surface area (Å²) in [6, 6.07) is -1.07. The number of aliphatic hydroxyl groups excluding tert-OH is 1. The Morgan fingerprint density at radius 1 is 0.891 bits per heavy atom. The Balaban J connectivity index is 1.88. The van der Waals surface area contributed by atoms with Gasteiger partial charge in [0.25, 0.3) is 0 Å². The van der Waals surface area contributed by atoms with Crippen molar-refractivity contribution in [3.63, 3.8) is 0 Å². The number of rotatable bonds is 15. The lowest BCUT2D eigenvalue weighted by atomic mass is 9.73. The van der Waals surface area contributed by atoms with Crippen LogP contribution in [0, 0.1) is 23.7 Å². The number of ether oxygens (including phenoxy) is 9. The lowest BCUT2D eigenvalue weighted by molar-refractivity contribution is -0.320. The summed E-state index contributed by atoms with van der Waals surface area (Å²) in [5, 5.41) is 11.8. The number of ketones is 1. The van der Waals surface area contributed by atoms with E-state index in [0.717, 1.165) is 19.3 Å². The third kappa shape index (κ3) is 11.8. The maximum Gasteiger partial charge on any atom is 0.410 e. The number of esters is 2. The SMILES string of the molecule is CCC1OC(=O)[C@H](C)C(O[C@H]2C[C@@](C)(OC)[C@@H](OC(C)=O)[C@H](C)O2)[C@H](C)[C@@H](O[C@@H]2O[C@H](C)C[C@H](N(C)C)[C@H]2O)[C@](C)(OC)C[C@@H](C)C(=O)[C@H](C)[C@H]2N(CCCCCCN)C(=O)O[C@]12C. The number of likely N-dealkylation sites (N-methyl/N-ethyl adjacent to an activating group) is 1. The van der Waals surface area contributed by atoms with Gasteiger partial charge in [0.1, 0.15) is 23.6 Å². The zero-order valence-electron chi connectivity index (χ0n) is 41.5. The number of fused-ring (bicyclic) bond motifs is 1. The van der Waals surface area contributed by atoms with Crippen LogP contribution in [0.25, 0.3) is 0 Å². The summed E-state index contributed by atoms with van der Waals surface area (Å²) >= 11 is 0. The lowest BCUT2D eigenvalue weighted by Gasteiger charge is -2.50. The van der Waals surface area contributed by atoms with Gasteiger partial charge in [-0.25, -0.2) is 4.79 Å². The van der Waals surface area contributed by atoms with Gasteiger partial charge in [-0.2, -0.15) is 0 Å². The van der Waals surface area contributed by atoms with Crippen molar-refractivity contribution in [2.24, 2.45) is 29.4 Å². The third-order valence-electron chi connectivity index (χ3n) is 14.7. The molecule has 4 rings (SSSR count). The van der Waals surface area contributed by atoms with Crippen LogP contribution in [0.1, 0.15) is 128 Å². The third-order valence-corrected chi connectivity index (χ3v) is 14.7. The van der Waals surface area contributed by atoms with E-state index >= 15 is 0 Å². The van der Waals surface area contributed by atoms with Crippen molar-refractivity contribution in [2.45, 2.75) is 212 Å². The minimum absolute atomic E-state index is 0.120. The van der Waals surface area contributed by atoms with Gasteiger partial charge in [0.15, 0.2) is 24.3 Å². The molecule has 2 unspecified atom stereocenters. The number of methoxy groups -OCH3 is 2. The fourth-order valence-corrected chi connectivity index (χ4v) is 11.0. The van der Waals surface area contributed by atoms with Gasteiger partial charge in [-0.3, -0.25) is 14.4 Å². The minimum atomic E-state index is -1.39. The van der Waals surface area contributed by atoms with E-state index in [9.17, 15) is 24.3 Å². The topological polar surface area (TPSA) is 204 Å². The maximum absolute atomic E-state index is 14.9. The zero-order valence-corrected chi connectivity index (χ0v) is 41.5. The Kier molecular flexibility index (Phi) is 19.1. The first-order chi connectivity index (χ1) is 29.9. The molecule has 0 aromatic heterocycles. The van der Waals surface area contributed by atoms with Gasteiger partial charge >= 0.3 is 18.0 Å². The average Bonchev–Trinajstić information content (AvgIpc) is 3.50. The molecule has 64 heavy (non-hydrogen) atoms. The Bertz CT molecular complexity index is 1570. The smallest absolute Gasteiger partial charge is 0.410 e. The number of amides is 1. The molecule has 0 bridgehead atoms. The first kappa shape index (κ1) is 54.1. The van der Waals surface area contributed by atoms with Gasteiger partial charge in [0, 0.05) is 57.9 Å². The molecule has 4 heterocycles. The number of nitrogens with two attached hydrogens (primary N) is 1. The van der Waals surface area contributed by atoms with Gasteiger partial charge in [-0.15, -0.1) is 0 Å². The van der Waals surface area contributed by atoms with Crippen molar-refractivity contribution in [1.29, 1.82) is 0 Å². The van der Waals surface area contributed by atoms with Crippen LogP contribution >= 0.6 is 0 Å². The van der Waals surface area contributed by atoms with Gasteiger partial charge in [-0.1, -0.05) is 40.5 Å². The van der Waals surface area contributed by atoms with Crippen LogP contribution in [0.5, 0.6) is 0 Å². The molecule has 4 aliphatic heterocycles. The molecular weight excluding hydrogens is 831 g/mol. The number of Topliss-reactive ketones (excluding diaryl/α,β-unsaturated/α-hetero) is 1. The second-order valence-electron chi connectivity index (χ2n) is 19.9. The summed E-state index contributed by atoms with van der Waals surface area (Å²) in [5.74, 6) is -4.36. The molecule has 370 valence electrons. The van der Waals surface area contributed by atoms with Crippen molar-refractivity contribution in [2.75, 3.05) is 41.4 Å². The maximum atomic E-state index is 14.9. The molecule has 17 nitrogen and oxygen atoms in total. The number of hydrogen-bond donors (Lipinski definition) is 2. The van der Waals surface area contributed by atoms with Crippen LogP contribution in [0.2, 0.25) is 0 Å². The van der Waals surface area contributed by atoms with E-state index < -0.39 is 114 Å². The molecule has 0 aromatic rings. The molecule has 3 N–H and O–H groups in total. The van der Waals surface area contributed by atoms with Crippen LogP contribution in [0.3, 0.4) is 0 Å². The number of unbranched alkanes of at least 4 members (excludes halogenated alkanes) is 3. The highest BCUT2D eigenvalue weighted by Gasteiger charge is 2.61. The van der Waals surface area contributed by atoms with E-state index in [0.29, 0.717) is 25.9 Å². The highest BCUT2D eigenvalue weighted by Crippen LogP contribution is 2.45. The summed E-state index contributed by atoms with van der Waals surface area (Å²) in [4.78, 5) is 59.5. The molecule has 1 amide bonds. The van der Waals surface area contributed by atoms with Crippen molar-refractivity contribution < 1.29 is 66.9 Å². The second-order valence-corrected chi connectivity index (χ2v) is 19.9. The Morgan fingerprint density at radius 3 is 2.09 bits per heavy atom. The van der Waals surface area contributed by atoms with E-state index in [1.165, 1.54) is 14.0 Å². The normalized spacial score (nSPS) is 42.8. The summed E-state index contributed by atoms with van der Waals surface area (Å²) in [5.41, 5.74) is 2.05. The number of carbonyl (C=O) groups is 4. The van der Waals surface area contributed by atoms with Crippen molar-refractivity contribution in [3.8, 4) is 0 Å². The molecule has 18 atom stereocenters. The average molecular weight is 914 g/mol. The van der Waals surface area contributed by atoms with E-state index in [-0.39, 0.29) is 37.2 Å². The molecular formula is C47H83N3O14. The molecule has 0 spiro atoms. The van der Waals surface area contributed by atoms with Crippen LogP contribution in [0.4, 0.5) is 4.79 Å². The fourth-order valence-electron chi connectivity index (χ4n) is 11.0. The quantitative estimate of drug-likeness (QED) is 0.126. The van der Waals surface area contributed by atoms with Crippen molar-refractivity contribution >= 4 is 23.8 Å². The molecule has 4 saturated heterocycles. The highest BCUT2D eigenvalue weighted by molar-refractivity contribution is 5.85. The van der Waals surface area contributed by atoms with Gasteiger partial charge in [-0.05, 0) is 94.3 Å². The van der Waals surface area contributed by atoms with Crippen LogP contribution in [-0.2, 0) is 57.0 Å². The number of cyclic esters (lactones) is 1. The largest absolute Gasteiger partial charge is 0.458 e. The zero-order chi connectivity index (χ0) is 48.1. The fraction of sp³-hybridized carbons (Fsp3) is 0.915. The minimum Gasteiger partial charge on any atom is -0.458 e. The Labute approximate surface area is 382 Å². The predicted octanol–water partition coefficient (Wildman–Crippen LogP) is 5.00. The predicted molar refractivity (Wildman–Crippen MR) is 237 cm³/mol. The first-order valence-corrected chi connectivity index (χ1v) is 23.6. The van der Waals surface area contributed by atoms with Crippen molar-refractivity contribution in [1.82, 2.24) is 9.80 Å². The standard InChI is InChI=1S/C47H83N3O14/c1-16-34-47(11)39(50(44(55)64-47)22-20-18-17-19-21-48)28(4)36(52)26(2)24-45(9,56-14)40(63-43-37(53)33(49(12)13)23-27(3)58-43)29(5)38(30(6)42(54)61-34)62-35-25-46(10,57-15)41(31(7)59-35)60-32(8)51/h26-31,33-35,37-41,43,53H,16-25,48H2,1-15H3/t26-,27-,28+,29+,30-,31+,33+,34?,35+,37-,38?,39-,40-,41+,43+,45-,46-,47-/m1/s1. The summed E-state index contributed by atoms with van der Waals surface area (Å²) in [6.07, 6.45) is -3.99. The lowest BCUT2D eigenvalue weighted by Crippen LogP contribution is -2.62. The van der Waals surface area contributed by atoms with E-state index in [1.807, 2.05) is 67.5 Å². The number of hydrogen-bond acceptors (Lipinski definition) is 16. The first-order valence-electron chi connectivity index (χ1n) is 23.6. The summed E-state index contributed by atoms with van der Waals surface area (Å²) in [7, 11) is 6.86. The van der Waals surface area contributed by atoms with Gasteiger partial charge in [0.2, 0.25) is 0 Å². The molecule has 4 fully saturated rings. The monoisotopic (exact) mass is 914 g/mol. The van der Waals surface area contributed by atoms with E-state index in [2.05, 4.69) is 0 Å². The number of carbonyl (C=O) groups excluding carboxylic acids is 4. The Hall–Kier alpha value is -2.48. The van der Waals surface area contributed by atoms with Crippen LogP contribution < -0.4 is 5.73 Å². The van der Waals surface area contributed by atoms with Gasteiger partial charge in [0.05, 0.1) is 42.0 Å². The molecule has 0 saturated carbocycles. The van der Waals surface area contributed by atoms with E-state index in [1.54, 1.807) is 32.8 Å². The molecule has 0 aromatic carbocycles. The summed E-state index contributed by atoms with van der Waals surface area (Å²) < 4.78 is 57.6. The second kappa shape index (κ2) is 22.5. The molecule has 17 heteroatoms. The number of nitrogens with zero attached hydrogens (tertiary/aromatic N) is 2. The molecule has 0 aliphatic carbocycles. The van der Waals surface area contributed by atoms with E-state index in [4.69, 9.17) is 48.4 Å². The van der Waals surface area contributed by atoms with Crippen molar-refractivity contribution in [3.05, 3.63) is 0 Å². The van der Waals surface area contributed by atoms with Crippen LogP contribution in [0.15, 0.2) is 0 Å². The highest BCUT2D eigenvalue weighted by atomic mass is 16.7.